The van der Waals surface area contributed by atoms with Gasteiger partial charge in [-0.05, 0) is 30.4 Å². The van der Waals surface area contributed by atoms with Crippen LogP contribution in [0.2, 0.25) is 0 Å². The summed E-state index contributed by atoms with van der Waals surface area (Å²) in [5, 5.41) is 11.0. The zero-order valence-electron chi connectivity index (χ0n) is 8.60. The lowest BCUT2D eigenvalue weighted by atomic mass is 10.2. The number of nitrogens with zero attached hydrogens (tertiary/aromatic N) is 2. The van der Waals surface area contributed by atoms with E-state index in [0.29, 0.717) is 0 Å². The largest absolute Gasteiger partial charge is 0.365 e. The molecule has 2 atom stereocenters. The SMILES string of the molecule is O=[N+]([O-])c1cc(Br)ccc1N1CC2CC2C1. The minimum absolute atomic E-state index is 0.204. The van der Waals surface area contributed by atoms with Gasteiger partial charge in [-0.25, -0.2) is 0 Å². The van der Waals surface area contributed by atoms with Crippen LogP contribution in [-0.4, -0.2) is 18.0 Å². The van der Waals surface area contributed by atoms with Crippen LogP contribution in [0, 0.1) is 22.0 Å². The highest BCUT2D eigenvalue weighted by atomic mass is 79.9. The molecule has 1 aromatic carbocycles. The van der Waals surface area contributed by atoms with Crippen LogP contribution >= 0.6 is 15.9 Å². The second-order valence-corrected chi connectivity index (χ2v) is 5.47. The molecule has 0 spiro atoms. The van der Waals surface area contributed by atoms with Crippen molar-refractivity contribution in [2.75, 3.05) is 18.0 Å². The number of nitro groups is 1. The van der Waals surface area contributed by atoms with E-state index in [1.54, 1.807) is 6.07 Å². The predicted octanol–water partition coefficient (Wildman–Crippen LogP) is 2.81. The van der Waals surface area contributed by atoms with Gasteiger partial charge in [0.2, 0.25) is 0 Å². The van der Waals surface area contributed by atoms with Gasteiger partial charge in [0.05, 0.1) is 4.92 Å². The Morgan fingerprint density at radius 1 is 1.38 bits per heavy atom. The molecule has 5 heteroatoms. The maximum absolute atomic E-state index is 11.0. The molecule has 2 fully saturated rings. The van der Waals surface area contributed by atoms with E-state index < -0.39 is 0 Å². The van der Waals surface area contributed by atoms with Crippen molar-refractivity contribution in [2.45, 2.75) is 6.42 Å². The number of fused-ring (bicyclic) bond motifs is 1. The average Bonchev–Trinajstić information content (AvgIpc) is 2.85. The molecule has 0 bridgehead atoms. The minimum Gasteiger partial charge on any atom is -0.365 e. The standard InChI is InChI=1S/C11H11BrN2O2/c12-9-1-2-10(11(4-9)14(15)16)13-5-7-3-8(7)6-13/h1-2,4,7-8H,3,5-6H2. The molecule has 0 aromatic heterocycles. The number of piperidine rings is 1. The Bertz CT molecular complexity index is 453. The Morgan fingerprint density at radius 3 is 2.69 bits per heavy atom. The molecule has 0 radical (unpaired) electrons. The number of rotatable bonds is 2. The second-order valence-electron chi connectivity index (χ2n) is 4.55. The lowest BCUT2D eigenvalue weighted by molar-refractivity contribution is -0.384. The number of hydrogen-bond acceptors (Lipinski definition) is 3. The van der Waals surface area contributed by atoms with Crippen LogP contribution in [0.15, 0.2) is 22.7 Å². The average molecular weight is 283 g/mol. The third-order valence-electron chi connectivity index (χ3n) is 3.45. The summed E-state index contributed by atoms with van der Waals surface area (Å²) in [6.45, 7) is 1.96. The summed E-state index contributed by atoms with van der Waals surface area (Å²) >= 11 is 3.27. The molecule has 84 valence electrons. The highest BCUT2D eigenvalue weighted by molar-refractivity contribution is 9.10. The van der Waals surface area contributed by atoms with E-state index in [2.05, 4.69) is 20.8 Å². The van der Waals surface area contributed by atoms with Crippen molar-refractivity contribution in [1.29, 1.82) is 0 Å². The molecular formula is C11H11BrN2O2. The fourth-order valence-corrected chi connectivity index (χ4v) is 2.85. The Labute approximate surface area is 102 Å². The van der Waals surface area contributed by atoms with E-state index in [9.17, 15) is 10.1 Å². The molecule has 1 aliphatic heterocycles. The van der Waals surface area contributed by atoms with Gasteiger partial charge in [0.15, 0.2) is 0 Å². The smallest absolute Gasteiger partial charge is 0.293 e. The van der Waals surface area contributed by atoms with Gasteiger partial charge in [-0.3, -0.25) is 10.1 Å². The van der Waals surface area contributed by atoms with E-state index in [-0.39, 0.29) is 10.6 Å². The van der Waals surface area contributed by atoms with Gasteiger partial charge >= 0.3 is 0 Å². The van der Waals surface area contributed by atoms with Crippen molar-refractivity contribution in [1.82, 2.24) is 0 Å². The molecule has 1 saturated heterocycles. The van der Waals surface area contributed by atoms with Crippen LogP contribution in [0.25, 0.3) is 0 Å². The summed E-state index contributed by atoms with van der Waals surface area (Å²) in [5.41, 5.74) is 0.969. The third-order valence-corrected chi connectivity index (χ3v) is 3.95. The van der Waals surface area contributed by atoms with Crippen LogP contribution in [0.5, 0.6) is 0 Å². The van der Waals surface area contributed by atoms with E-state index in [0.717, 1.165) is 35.1 Å². The number of hydrogen-bond donors (Lipinski definition) is 0. The maximum Gasteiger partial charge on any atom is 0.293 e. The zero-order valence-corrected chi connectivity index (χ0v) is 10.2. The van der Waals surface area contributed by atoms with Crippen molar-refractivity contribution in [3.63, 3.8) is 0 Å². The monoisotopic (exact) mass is 282 g/mol. The lowest BCUT2D eigenvalue weighted by Crippen LogP contribution is -2.22. The van der Waals surface area contributed by atoms with Crippen molar-refractivity contribution in [3.05, 3.63) is 32.8 Å². The van der Waals surface area contributed by atoms with Gasteiger partial charge in [-0.15, -0.1) is 0 Å². The maximum atomic E-state index is 11.0. The first-order valence-corrected chi connectivity index (χ1v) is 6.13. The van der Waals surface area contributed by atoms with Crippen molar-refractivity contribution >= 4 is 27.3 Å². The molecule has 3 rings (SSSR count). The van der Waals surface area contributed by atoms with Gasteiger partial charge in [0, 0.05) is 23.6 Å². The topological polar surface area (TPSA) is 46.4 Å². The highest BCUT2D eigenvalue weighted by Gasteiger charge is 2.46. The predicted molar refractivity (Wildman–Crippen MR) is 64.6 cm³/mol. The summed E-state index contributed by atoms with van der Waals surface area (Å²) < 4.78 is 0.757. The molecule has 1 saturated carbocycles. The van der Waals surface area contributed by atoms with Crippen LogP contribution < -0.4 is 4.90 Å². The Morgan fingerprint density at radius 2 is 2.06 bits per heavy atom. The fraction of sp³-hybridized carbons (Fsp3) is 0.455. The third kappa shape index (κ3) is 1.59. The first-order chi connectivity index (χ1) is 7.65. The Hall–Kier alpha value is -1.10. The molecule has 1 aromatic rings. The summed E-state index contributed by atoms with van der Waals surface area (Å²) in [5.74, 6) is 1.56. The van der Waals surface area contributed by atoms with Crippen molar-refractivity contribution < 1.29 is 4.92 Å². The molecule has 16 heavy (non-hydrogen) atoms. The number of nitro benzene ring substituents is 1. The first kappa shape index (κ1) is 10.1. The quantitative estimate of drug-likeness (QED) is 0.619. The Kier molecular flexibility index (Phi) is 2.17. The minimum atomic E-state index is -0.302. The van der Waals surface area contributed by atoms with Gasteiger partial charge in [0.1, 0.15) is 5.69 Å². The molecule has 2 unspecified atom stereocenters. The number of anilines is 1. The van der Waals surface area contributed by atoms with Gasteiger partial charge in [0.25, 0.3) is 5.69 Å². The summed E-state index contributed by atoms with van der Waals surface area (Å²) in [4.78, 5) is 12.8. The molecule has 4 nitrogen and oxygen atoms in total. The second kappa shape index (κ2) is 3.45. The molecule has 2 aliphatic rings. The van der Waals surface area contributed by atoms with E-state index in [1.807, 2.05) is 12.1 Å². The summed E-state index contributed by atoms with van der Waals surface area (Å²) in [7, 11) is 0. The normalized spacial score (nSPS) is 26.7. The fourth-order valence-electron chi connectivity index (χ4n) is 2.51. The molecule has 1 aliphatic carbocycles. The number of halogens is 1. The Balaban J connectivity index is 1.96. The molecule has 0 amide bonds. The van der Waals surface area contributed by atoms with Gasteiger partial charge in [-0.1, -0.05) is 15.9 Å². The van der Waals surface area contributed by atoms with Crippen molar-refractivity contribution in [2.24, 2.45) is 11.8 Å². The molecule has 1 heterocycles. The highest BCUT2D eigenvalue weighted by Crippen LogP contribution is 2.47. The summed E-state index contributed by atoms with van der Waals surface area (Å²) in [6, 6.07) is 5.29. The van der Waals surface area contributed by atoms with Crippen LogP contribution in [0.4, 0.5) is 11.4 Å². The van der Waals surface area contributed by atoms with E-state index in [4.69, 9.17) is 0 Å². The zero-order chi connectivity index (χ0) is 11.3. The van der Waals surface area contributed by atoms with Gasteiger partial charge in [-0.2, -0.15) is 0 Å². The van der Waals surface area contributed by atoms with E-state index >= 15 is 0 Å². The molecule has 0 N–H and O–H groups in total. The van der Waals surface area contributed by atoms with Crippen LogP contribution in [-0.2, 0) is 0 Å². The van der Waals surface area contributed by atoms with Crippen LogP contribution in [0.3, 0.4) is 0 Å². The number of benzene rings is 1. The molecular weight excluding hydrogens is 272 g/mol. The van der Waals surface area contributed by atoms with Gasteiger partial charge < -0.3 is 4.90 Å². The van der Waals surface area contributed by atoms with Crippen molar-refractivity contribution in [3.8, 4) is 0 Å². The van der Waals surface area contributed by atoms with E-state index in [1.165, 1.54) is 6.42 Å². The lowest BCUT2D eigenvalue weighted by Gasteiger charge is -2.19. The first-order valence-electron chi connectivity index (χ1n) is 5.34. The van der Waals surface area contributed by atoms with Crippen LogP contribution in [0.1, 0.15) is 6.42 Å². The summed E-state index contributed by atoms with van der Waals surface area (Å²) in [6.07, 6.45) is 1.31.